The molecular weight excluding hydrogens is 408 g/mol. The van der Waals surface area contributed by atoms with E-state index in [1.807, 2.05) is 30.3 Å². The van der Waals surface area contributed by atoms with Crippen LogP contribution in [0.25, 0.3) is 0 Å². The summed E-state index contributed by atoms with van der Waals surface area (Å²) in [6, 6.07) is 19.1. The van der Waals surface area contributed by atoms with Crippen LogP contribution in [0.5, 0.6) is 0 Å². The predicted octanol–water partition coefficient (Wildman–Crippen LogP) is 4.41. The van der Waals surface area contributed by atoms with E-state index in [9.17, 15) is 14.4 Å². The number of urea groups is 1. The molecule has 1 fully saturated rings. The van der Waals surface area contributed by atoms with Gasteiger partial charge in [0.05, 0.1) is 12.2 Å². The van der Waals surface area contributed by atoms with Crippen LogP contribution in [0.15, 0.2) is 77.4 Å². The van der Waals surface area contributed by atoms with E-state index in [4.69, 9.17) is 4.42 Å². The van der Waals surface area contributed by atoms with E-state index >= 15 is 0 Å². The fourth-order valence-electron chi connectivity index (χ4n) is 3.58. The van der Waals surface area contributed by atoms with Crippen molar-refractivity contribution in [2.45, 2.75) is 12.8 Å². The van der Waals surface area contributed by atoms with Gasteiger partial charge in [-0.05, 0) is 61.4 Å². The average molecular weight is 432 g/mol. The Labute approximate surface area is 185 Å². The highest BCUT2D eigenvalue weighted by molar-refractivity contribution is 6.02. The van der Waals surface area contributed by atoms with Crippen LogP contribution in [0.3, 0.4) is 0 Å². The first-order valence-corrected chi connectivity index (χ1v) is 10.5. The normalized spacial score (nSPS) is 15.6. The molecule has 1 atom stereocenters. The number of carbonyl (C=O) groups is 3. The van der Waals surface area contributed by atoms with Crippen molar-refractivity contribution in [1.82, 2.24) is 4.90 Å². The highest BCUT2D eigenvalue weighted by atomic mass is 16.3. The first-order chi connectivity index (χ1) is 15.6. The highest BCUT2D eigenvalue weighted by Crippen LogP contribution is 2.21. The summed E-state index contributed by atoms with van der Waals surface area (Å²) in [5, 5.41) is 8.50. The monoisotopic (exact) mass is 432 g/mol. The van der Waals surface area contributed by atoms with Crippen molar-refractivity contribution in [1.29, 1.82) is 0 Å². The van der Waals surface area contributed by atoms with Crippen LogP contribution < -0.4 is 16.0 Å². The van der Waals surface area contributed by atoms with Crippen LogP contribution in [-0.4, -0.2) is 35.8 Å². The van der Waals surface area contributed by atoms with Crippen molar-refractivity contribution in [2.75, 3.05) is 29.0 Å². The molecule has 164 valence electrons. The van der Waals surface area contributed by atoms with Gasteiger partial charge in [0.15, 0.2) is 5.76 Å². The zero-order chi connectivity index (χ0) is 22.3. The summed E-state index contributed by atoms with van der Waals surface area (Å²) in [4.78, 5) is 39.0. The van der Waals surface area contributed by atoms with Gasteiger partial charge in [0.1, 0.15) is 0 Å². The molecule has 2 heterocycles. The Bertz CT molecular complexity index is 1070. The fraction of sp³-hybridized carbons (Fsp3) is 0.208. The quantitative estimate of drug-likeness (QED) is 0.555. The molecule has 0 radical (unpaired) electrons. The maximum Gasteiger partial charge on any atom is 0.321 e. The number of hydrogen-bond acceptors (Lipinski definition) is 4. The molecular formula is C24H24N4O4. The molecule has 32 heavy (non-hydrogen) atoms. The van der Waals surface area contributed by atoms with Crippen molar-refractivity contribution in [3.05, 3.63) is 78.8 Å². The van der Waals surface area contributed by atoms with Crippen molar-refractivity contribution in [3.8, 4) is 0 Å². The maximum atomic E-state index is 12.8. The van der Waals surface area contributed by atoms with Gasteiger partial charge in [-0.15, -0.1) is 0 Å². The first kappa shape index (κ1) is 21.2. The minimum Gasteiger partial charge on any atom is -0.459 e. The zero-order valence-electron chi connectivity index (χ0n) is 17.4. The lowest BCUT2D eigenvalue weighted by Gasteiger charge is -2.32. The summed E-state index contributed by atoms with van der Waals surface area (Å²) in [6.07, 6.45) is 2.92. The molecule has 8 nitrogen and oxygen atoms in total. The number of anilines is 3. The number of furan rings is 1. The smallest absolute Gasteiger partial charge is 0.321 e. The number of nitrogens with one attached hydrogen (secondary N) is 3. The minimum atomic E-state index is -0.345. The highest BCUT2D eigenvalue weighted by Gasteiger charge is 2.28. The van der Waals surface area contributed by atoms with Crippen LogP contribution in [0.2, 0.25) is 0 Å². The molecule has 0 unspecified atom stereocenters. The van der Waals surface area contributed by atoms with E-state index in [1.165, 1.54) is 6.26 Å². The van der Waals surface area contributed by atoms with Gasteiger partial charge in [-0.1, -0.05) is 18.2 Å². The molecule has 0 spiro atoms. The third-order valence-corrected chi connectivity index (χ3v) is 5.26. The number of rotatable bonds is 5. The van der Waals surface area contributed by atoms with Gasteiger partial charge in [-0.25, -0.2) is 4.79 Å². The first-order valence-electron chi connectivity index (χ1n) is 10.5. The summed E-state index contributed by atoms with van der Waals surface area (Å²) in [7, 11) is 0. The molecule has 1 aliphatic heterocycles. The number of benzene rings is 2. The second kappa shape index (κ2) is 9.82. The van der Waals surface area contributed by atoms with Crippen molar-refractivity contribution in [2.24, 2.45) is 5.92 Å². The molecule has 0 bridgehead atoms. The van der Waals surface area contributed by atoms with E-state index in [1.54, 1.807) is 41.3 Å². The lowest BCUT2D eigenvalue weighted by Crippen LogP contribution is -2.45. The van der Waals surface area contributed by atoms with Crippen molar-refractivity contribution >= 4 is 34.9 Å². The van der Waals surface area contributed by atoms with Gasteiger partial charge in [0.2, 0.25) is 5.91 Å². The van der Waals surface area contributed by atoms with Gasteiger partial charge in [0, 0.05) is 30.2 Å². The molecule has 4 amide bonds. The summed E-state index contributed by atoms with van der Waals surface area (Å²) in [5.41, 5.74) is 1.94. The molecule has 3 N–H and O–H groups in total. The molecule has 1 aromatic heterocycles. The minimum absolute atomic E-state index is 0.130. The molecule has 2 aromatic carbocycles. The number of piperidine rings is 1. The largest absolute Gasteiger partial charge is 0.459 e. The van der Waals surface area contributed by atoms with Gasteiger partial charge < -0.3 is 25.3 Å². The second-order valence-corrected chi connectivity index (χ2v) is 7.58. The molecule has 0 aliphatic carbocycles. The van der Waals surface area contributed by atoms with Crippen LogP contribution in [-0.2, 0) is 4.79 Å². The second-order valence-electron chi connectivity index (χ2n) is 7.58. The molecule has 8 heteroatoms. The van der Waals surface area contributed by atoms with Crippen LogP contribution in [0.1, 0.15) is 23.4 Å². The van der Waals surface area contributed by atoms with E-state index in [0.29, 0.717) is 24.5 Å². The van der Waals surface area contributed by atoms with Crippen molar-refractivity contribution < 1.29 is 18.8 Å². The van der Waals surface area contributed by atoms with Gasteiger partial charge in [-0.3, -0.25) is 9.59 Å². The van der Waals surface area contributed by atoms with E-state index in [0.717, 1.165) is 18.5 Å². The Balaban J connectivity index is 1.30. The SMILES string of the molecule is O=C(Nc1ccc(NC(=O)[C@@H]2CCCN(C(=O)Nc3ccccc3)C2)cc1)c1ccco1. The Kier molecular flexibility index (Phi) is 6.50. The maximum absolute atomic E-state index is 12.8. The Hall–Kier alpha value is -4.07. The summed E-state index contributed by atoms with van der Waals surface area (Å²) >= 11 is 0. The summed E-state index contributed by atoms with van der Waals surface area (Å²) in [5.74, 6) is -0.540. The number of nitrogens with zero attached hydrogens (tertiary/aromatic N) is 1. The van der Waals surface area contributed by atoms with Crippen LogP contribution in [0.4, 0.5) is 21.9 Å². The Morgan fingerprint density at radius 1 is 0.812 bits per heavy atom. The number of amides is 4. The summed E-state index contributed by atoms with van der Waals surface area (Å²) in [6.45, 7) is 0.980. The average Bonchev–Trinajstić information content (AvgIpc) is 3.36. The summed E-state index contributed by atoms with van der Waals surface area (Å²) < 4.78 is 5.07. The lowest BCUT2D eigenvalue weighted by atomic mass is 9.97. The van der Waals surface area contributed by atoms with Crippen molar-refractivity contribution in [3.63, 3.8) is 0 Å². The molecule has 3 aromatic rings. The number of para-hydroxylation sites is 1. The molecule has 4 rings (SSSR count). The molecule has 1 saturated heterocycles. The Morgan fingerprint density at radius 3 is 2.19 bits per heavy atom. The fourth-order valence-corrected chi connectivity index (χ4v) is 3.58. The molecule has 1 aliphatic rings. The van der Waals surface area contributed by atoms with E-state index in [2.05, 4.69) is 16.0 Å². The number of hydrogen-bond donors (Lipinski definition) is 3. The standard InChI is InChI=1S/C24H24N4O4/c29-22(17-6-4-14-28(16-17)24(31)27-18-7-2-1-3-8-18)25-19-10-12-20(13-11-19)26-23(30)21-9-5-15-32-21/h1-3,5,7-13,15,17H,4,6,14,16H2,(H,25,29)(H,26,30)(H,27,31)/t17-/m1/s1. The Morgan fingerprint density at radius 2 is 1.50 bits per heavy atom. The third-order valence-electron chi connectivity index (χ3n) is 5.26. The third kappa shape index (κ3) is 5.34. The van der Waals surface area contributed by atoms with E-state index < -0.39 is 0 Å². The number of carbonyl (C=O) groups excluding carboxylic acids is 3. The predicted molar refractivity (Wildman–Crippen MR) is 121 cm³/mol. The van der Waals surface area contributed by atoms with Gasteiger partial charge in [0.25, 0.3) is 5.91 Å². The van der Waals surface area contributed by atoms with Crippen LogP contribution in [0, 0.1) is 5.92 Å². The zero-order valence-corrected chi connectivity index (χ0v) is 17.4. The number of likely N-dealkylation sites (tertiary alicyclic amines) is 1. The van der Waals surface area contributed by atoms with E-state index in [-0.39, 0.29) is 29.5 Å². The topological polar surface area (TPSA) is 104 Å². The van der Waals surface area contributed by atoms with Gasteiger partial charge >= 0.3 is 6.03 Å². The molecule has 0 saturated carbocycles. The van der Waals surface area contributed by atoms with Crippen LogP contribution >= 0.6 is 0 Å². The lowest BCUT2D eigenvalue weighted by molar-refractivity contribution is -0.121. The van der Waals surface area contributed by atoms with Gasteiger partial charge in [-0.2, -0.15) is 0 Å².